The Hall–Kier alpha value is -2.24. The zero-order chi connectivity index (χ0) is 12.5. The van der Waals surface area contributed by atoms with Gasteiger partial charge in [-0.25, -0.2) is 0 Å². The number of hydrogen-bond acceptors (Lipinski definition) is 1. The fourth-order valence-corrected chi connectivity index (χ4v) is 2.27. The lowest BCUT2D eigenvalue weighted by Gasteiger charge is -1.97. The van der Waals surface area contributed by atoms with E-state index in [0.29, 0.717) is 10.6 Å². The summed E-state index contributed by atoms with van der Waals surface area (Å²) >= 11 is 5.98. The minimum atomic E-state index is 0.637. The van der Waals surface area contributed by atoms with E-state index in [4.69, 9.17) is 11.6 Å². The minimum absolute atomic E-state index is 0.637. The SMILES string of the molecule is N#Cc1c(-c2ccccc2)[nH]c2ccc(Cl)cc12. The summed E-state index contributed by atoms with van der Waals surface area (Å²) in [5, 5.41) is 10.8. The molecule has 2 aromatic carbocycles. The maximum Gasteiger partial charge on any atom is 0.102 e. The number of H-pyrrole nitrogens is 1. The van der Waals surface area contributed by atoms with Crippen LogP contribution in [0.1, 0.15) is 5.56 Å². The predicted molar refractivity (Wildman–Crippen MR) is 73.5 cm³/mol. The van der Waals surface area contributed by atoms with E-state index in [2.05, 4.69) is 11.1 Å². The number of fused-ring (bicyclic) bond motifs is 1. The maximum atomic E-state index is 9.34. The van der Waals surface area contributed by atoms with Crippen molar-refractivity contribution in [2.75, 3.05) is 0 Å². The average molecular weight is 253 g/mol. The van der Waals surface area contributed by atoms with Gasteiger partial charge in [0.1, 0.15) is 6.07 Å². The van der Waals surface area contributed by atoms with E-state index in [9.17, 15) is 5.26 Å². The molecule has 0 amide bonds. The molecule has 0 bridgehead atoms. The van der Waals surface area contributed by atoms with Gasteiger partial charge >= 0.3 is 0 Å². The lowest BCUT2D eigenvalue weighted by Crippen LogP contribution is -1.80. The van der Waals surface area contributed by atoms with Crippen molar-refractivity contribution in [2.45, 2.75) is 0 Å². The number of halogens is 1. The summed E-state index contributed by atoms with van der Waals surface area (Å²) < 4.78 is 0. The first kappa shape index (κ1) is 10.9. The molecular formula is C15H9ClN2. The molecule has 0 radical (unpaired) electrons. The standard InChI is InChI=1S/C15H9ClN2/c16-11-6-7-14-12(8-11)13(9-17)15(18-14)10-4-2-1-3-5-10/h1-8,18H. The van der Waals surface area contributed by atoms with Gasteiger partial charge in [-0.2, -0.15) is 5.26 Å². The number of hydrogen-bond donors (Lipinski definition) is 1. The van der Waals surface area contributed by atoms with Crippen LogP contribution < -0.4 is 0 Å². The Morgan fingerprint density at radius 3 is 2.56 bits per heavy atom. The molecule has 0 saturated carbocycles. The molecule has 1 aromatic heterocycles. The highest BCUT2D eigenvalue weighted by Gasteiger charge is 2.12. The molecule has 3 aromatic rings. The molecule has 18 heavy (non-hydrogen) atoms. The van der Waals surface area contributed by atoms with Gasteiger partial charge in [-0.05, 0) is 23.8 Å². The average Bonchev–Trinajstić information content (AvgIpc) is 2.77. The van der Waals surface area contributed by atoms with E-state index in [-0.39, 0.29) is 0 Å². The molecule has 86 valence electrons. The zero-order valence-corrected chi connectivity index (χ0v) is 10.2. The maximum absolute atomic E-state index is 9.34. The van der Waals surface area contributed by atoms with Crippen LogP contribution >= 0.6 is 11.6 Å². The molecule has 1 N–H and O–H groups in total. The molecular weight excluding hydrogens is 244 g/mol. The first-order chi connectivity index (χ1) is 8.79. The van der Waals surface area contributed by atoms with Gasteiger partial charge in [0.2, 0.25) is 0 Å². The molecule has 1 heterocycles. The van der Waals surface area contributed by atoms with Crippen LogP contribution in [0.4, 0.5) is 0 Å². The molecule has 2 nitrogen and oxygen atoms in total. The van der Waals surface area contributed by atoms with Gasteiger partial charge in [-0.1, -0.05) is 41.9 Å². The Labute approximate surface area is 109 Å². The highest BCUT2D eigenvalue weighted by Crippen LogP contribution is 2.31. The Balaban J connectivity index is 2.34. The monoisotopic (exact) mass is 252 g/mol. The van der Waals surface area contributed by atoms with Crippen LogP contribution in [0.5, 0.6) is 0 Å². The van der Waals surface area contributed by atoms with Crippen LogP contribution in [-0.4, -0.2) is 4.98 Å². The van der Waals surface area contributed by atoms with E-state index >= 15 is 0 Å². The van der Waals surface area contributed by atoms with Crippen LogP contribution in [0.15, 0.2) is 48.5 Å². The summed E-state index contributed by atoms with van der Waals surface area (Å²) in [4.78, 5) is 3.28. The molecule has 0 spiro atoms. The van der Waals surface area contributed by atoms with Crippen LogP contribution in [-0.2, 0) is 0 Å². The molecule has 0 aliphatic carbocycles. The van der Waals surface area contributed by atoms with Gasteiger partial charge in [0.15, 0.2) is 0 Å². The van der Waals surface area contributed by atoms with E-state index < -0.39 is 0 Å². The van der Waals surface area contributed by atoms with Gasteiger partial charge in [0.05, 0.1) is 11.3 Å². The van der Waals surface area contributed by atoms with E-state index in [1.165, 1.54) is 0 Å². The quantitative estimate of drug-likeness (QED) is 0.687. The first-order valence-electron chi connectivity index (χ1n) is 5.56. The first-order valence-corrected chi connectivity index (χ1v) is 5.94. The van der Waals surface area contributed by atoms with Gasteiger partial charge < -0.3 is 4.98 Å². The molecule has 0 aliphatic heterocycles. The van der Waals surface area contributed by atoms with Crippen molar-refractivity contribution in [3.63, 3.8) is 0 Å². The van der Waals surface area contributed by atoms with Crippen LogP contribution in [0, 0.1) is 11.3 Å². The van der Waals surface area contributed by atoms with Crippen molar-refractivity contribution < 1.29 is 0 Å². The van der Waals surface area contributed by atoms with Crippen LogP contribution in [0.2, 0.25) is 5.02 Å². The number of nitrogens with one attached hydrogen (secondary N) is 1. The fourth-order valence-electron chi connectivity index (χ4n) is 2.10. The minimum Gasteiger partial charge on any atom is -0.353 e. The second-order valence-corrected chi connectivity index (χ2v) is 4.48. The molecule has 3 rings (SSSR count). The van der Waals surface area contributed by atoms with E-state index in [0.717, 1.165) is 22.2 Å². The smallest absolute Gasteiger partial charge is 0.102 e. The molecule has 0 saturated heterocycles. The summed E-state index contributed by atoms with van der Waals surface area (Å²) in [5.41, 5.74) is 3.41. The summed E-state index contributed by atoms with van der Waals surface area (Å²) in [7, 11) is 0. The van der Waals surface area contributed by atoms with Crippen molar-refractivity contribution in [2.24, 2.45) is 0 Å². The third-order valence-electron chi connectivity index (χ3n) is 2.93. The molecule has 0 fully saturated rings. The van der Waals surface area contributed by atoms with E-state index in [1.807, 2.05) is 48.5 Å². The predicted octanol–water partition coefficient (Wildman–Crippen LogP) is 4.36. The van der Waals surface area contributed by atoms with E-state index in [1.54, 1.807) is 0 Å². The number of nitrogens with zero attached hydrogens (tertiary/aromatic N) is 1. The van der Waals surface area contributed by atoms with Crippen LogP contribution in [0.3, 0.4) is 0 Å². The second kappa shape index (κ2) is 4.21. The second-order valence-electron chi connectivity index (χ2n) is 4.04. The van der Waals surface area contributed by atoms with Crippen molar-refractivity contribution in [3.05, 3.63) is 59.1 Å². The van der Waals surface area contributed by atoms with Gasteiger partial charge in [-0.3, -0.25) is 0 Å². The zero-order valence-electron chi connectivity index (χ0n) is 9.44. The van der Waals surface area contributed by atoms with Crippen LogP contribution in [0.25, 0.3) is 22.2 Å². The third-order valence-corrected chi connectivity index (χ3v) is 3.17. The van der Waals surface area contributed by atoms with Gasteiger partial charge in [-0.15, -0.1) is 0 Å². The Kier molecular flexibility index (Phi) is 2.55. The topological polar surface area (TPSA) is 39.6 Å². The largest absolute Gasteiger partial charge is 0.353 e. The number of aromatic amines is 1. The molecule has 0 unspecified atom stereocenters. The van der Waals surface area contributed by atoms with Crippen molar-refractivity contribution in [1.82, 2.24) is 4.98 Å². The number of rotatable bonds is 1. The lowest BCUT2D eigenvalue weighted by molar-refractivity contribution is 1.43. The van der Waals surface area contributed by atoms with Crippen molar-refractivity contribution in [1.29, 1.82) is 5.26 Å². The molecule has 3 heteroatoms. The van der Waals surface area contributed by atoms with Crippen molar-refractivity contribution in [3.8, 4) is 17.3 Å². The van der Waals surface area contributed by atoms with Gasteiger partial charge in [0, 0.05) is 15.9 Å². The number of nitriles is 1. The summed E-state index contributed by atoms with van der Waals surface area (Å²) in [6, 6.07) is 17.6. The summed E-state index contributed by atoms with van der Waals surface area (Å²) in [6.07, 6.45) is 0. The Morgan fingerprint density at radius 2 is 1.83 bits per heavy atom. The molecule has 0 atom stereocenters. The summed E-state index contributed by atoms with van der Waals surface area (Å²) in [6.45, 7) is 0. The third kappa shape index (κ3) is 1.66. The number of benzene rings is 2. The van der Waals surface area contributed by atoms with Gasteiger partial charge in [0.25, 0.3) is 0 Å². The fraction of sp³-hybridized carbons (Fsp3) is 0. The number of aromatic nitrogens is 1. The molecule has 0 aliphatic rings. The highest BCUT2D eigenvalue weighted by atomic mass is 35.5. The lowest BCUT2D eigenvalue weighted by atomic mass is 10.1. The Morgan fingerprint density at radius 1 is 1.06 bits per heavy atom. The van der Waals surface area contributed by atoms with Crippen molar-refractivity contribution >= 4 is 22.5 Å². The Bertz CT molecular complexity index is 751. The normalized spacial score (nSPS) is 10.4. The summed E-state index contributed by atoms with van der Waals surface area (Å²) in [5.74, 6) is 0. The highest BCUT2D eigenvalue weighted by molar-refractivity contribution is 6.31.